The van der Waals surface area contributed by atoms with Crippen molar-refractivity contribution in [2.75, 3.05) is 10.6 Å². The van der Waals surface area contributed by atoms with E-state index in [4.69, 9.17) is 4.74 Å². The summed E-state index contributed by atoms with van der Waals surface area (Å²) >= 11 is 0. The van der Waals surface area contributed by atoms with Gasteiger partial charge < -0.3 is 15.4 Å². The highest BCUT2D eigenvalue weighted by atomic mass is 16.5. The first-order chi connectivity index (χ1) is 12.2. The molecule has 1 heterocycles. The Bertz CT molecular complexity index is 963. The van der Waals surface area contributed by atoms with E-state index in [0.29, 0.717) is 11.4 Å². The van der Waals surface area contributed by atoms with Crippen molar-refractivity contribution in [3.05, 3.63) is 66.7 Å². The third-order valence-corrected chi connectivity index (χ3v) is 4.17. The van der Waals surface area contributed by atoms with Crippen molar-refractivity contribution in [2.45, 2.75) is 12.5 Å². The van der Waals surface area contributed by atoms with Crippen LogP contribution >= 0.6 is 0 Å². The molecule has 3 aromatic carbocycles. The number of amides is 1. The lowest BCUT2D eigenvalue weighted by molar-refractivity contribution is -0.137. The number of rotatable bonds is 3. The summed E-state index contributed by atoms with van der Waals surface area (Å²) in [5.74, 6) is -0.213. The van der Waals surface area contributed by atoms with E-state index in [0.717, 1.165) is 16.5 Å². The second-order valence-electron chi connectivity index (χ2n) is 5.89. The molecule has 4 rings (SSSR count). The minimum absolute atomic E-state index is 0.00358. The fraction of sp³-hybridized carbons (Fsp3) is 0.100. The second-order valence-corrected chi connectivity index (χ2v) is 5.89. The number of para-hydroxylation sites is 2. The molecule has 0 radical (unpaired) electrons. The Morgan fingerprint density at radius 2 is 1.76 bits per heavy atom. The number of esters is 1. The molecule has 0 aromatic heterocycles. The van der Waals surface area contributed by atoms with E-state index in [1.165, 1.54) is 0 Å². The van der Waals surface area contributed by atoms with Crippen LogP contribution in [0.4, 0.5) is 11.4 Å². The summed E-state index contributed by atoms with van der Waals surface area (Å²) in [5.41, 5.74) is 1.44. The molecule has 25 heavy (non-hydrogen) atoms. The first-order valence-corrected chi connectivity index (χ1v) is 8.05. The maximum atomic E-state index is 12.4. The van der Waals surface area contributed by atoms with E-state index in [9.17, 15) is 9.59 Å². The van der Waals surface area contributed by atoms with Crippen LogP contribution in [0.25, 0.3) is 10.8 Å². The fourth-order valence-corrected chi connectivity index (χ4v) is 2.96. The molecule has 0 unspecified atom stereocenters. The van der Waals surface area contributed by atoms with E-state index in [2.05, 4.69) is 10.6 Å². The first-order valence-electron chi connectivity index (χ1n) is 8.05. The first kappa shape index (κ1) is 15.2. The highest BCUT2D eigenvalue weighted by Gasteiger charge is 2.29. The van der Waals surface area contributed by atoms with Crippen LogP contribution in [0.1, 0.15) is 6.42 Å². The molecule has 0 aliphatic carbocycles. The molecule has 1 atom stereocenters. The smallest absolute Gasteiger partial charge is 0.334 e. The standard InChI is InChI=1S/C20H16N2O3/c23-19(22-15-10-5-7-13-6-1-2-8-14(13)15)12-17-20(24)25-18-11-4-3-9-16(18)21-17/h1-11,17,21H,12H2,(H,22,23)/t17-/m0/s1. The summed E-state index contributed by atoms with van der Waals surface area (Å²) in [6.45, 7) is 0. The van der Waals surface area contributed by atoms with Gasteiger partial charge >= 0.3 is 5.97 Å². The molecule has 0 spiro atoms. The van der Waals surface area contributed by atoms with Crippen LogP contribution in [-0.4, -0.2) is 17.9 Å². The quantitative estimate of drug-likeness (QED) is 0.568. The van der Waals surface area contributed by atoms with Gasteiger partial charge in [-0.25, -0.2) is 4.79 Å². The zero-order valence-corrected chi connectivity index (χ0v) is 13.4. The van der Waals surface area contributed by atoms with Crippen LogP contribution < -0.4 is 15.4 Å². The predicted molar refractivity (Wildman–Crippen MR) is 96.7 cm³/mol. The Morgan fingerprint density at radius 1 is 1.00 bits per heavy atom. The molecule has 124 valence electrons. The number of fused-ring (bicyclic) bond motifs is 2. The number of carbonyl (C=O) groups excluding carboxylic acids is 2. The lowest BCUT2D eigenvalue weighted by Gasteiger charge is -2.25. The molecule has 0 bridgehead atoms. The minimum Gasteiger partial charge on any atom is -0.423 e. The van der Waals surface area contributed by atoms with Gasteiger partial charge in [0.1, 0.15) is 6.04 Å². The van der Waals surface area contributed by atoms with Crippen LogP contribution in [0, 0.1) is 0 Å². The van der Waals surface area contributed by atoms with E-state index < -0.39 is 12.0 Å². The molecule has 5 nitrogen and oxygen atoms in total. The van der Waals surface area contributed by atoms with Crippen LogP contribution in [-0.2, 0) is 9.59 Å². The summed E-state index contributed by atoms with van der Waals surface area (Å²) in [4.78, 5) is 24.5. The van der Waals surface area contributed by atoms with Gasteiger partial charge in [-0.05, 0) is 23.6 Å². The zero-order chi connectivity index (χ0) is 17.2. The second kappa shape index (κ2) is 6.28. The van der Waals surface area contributed by atoms with Crippen molar-refractivity contribution in [2.24, 2.45) is 0 Å². The maximum Gasteiger partial charge on any atom is 0.334 e. The fourth-order valence-electron chi connectivity index (χ4n) is 2.96. The Balaban J connectivity index is 1.50. The third kappa shape index (κ3) is 3.04. The molecule has 1 aliphatic rings. The van der Waals surface area contributed by atoms with E-state index in [-0.39, 0.29) is 12.3 Å². The molecule has 0 saturated heterocycles. The summed E-state index contributed by atoms with van der Waals surface area (Å²) in [6.07, 6.45) is -0.00358. The lowest BCUT2D eigenvalue weighted by atomic mass is 10.1. The summed E-state index contributed by atoms with van der Waals surface area (Å²) < 4.78 is 5.28. The Kier molecular flexibility index (Phi) is 3.82. The monoisotopic (exact) mass is 332 g/mol. The third-order valence-electron chi connectivity index (χ3n) is 4.17. The SMILES string of the molecule is O=C(C[C@@H]1Nc2ccccc2OC1=O)Nc1cccc2ccccc12. The lowest BCUT2D eigenvalue weighted by Crippen LogP contribution is -2.39. The summed E-state index contributed by atoms with van der Waals surface area (Å²) in [6, 6.07) is 20.0. The number of anilines is 2. The van der Waals surface area contributed by atoms with Crippen molar-refractivity contribution in [1.29, 1.82) is 0 Å². The Labute approximate surface area is 144 Å². The molecule has 2 N–H and O–H groups in total. The molecule has 0 fully saturated rings. The number of ether oxygens (including phenoxy) is 1. The van der Waals surface area contributed by atoms with Crippen molar-refractivity contribution in [3.8, 4) is 5.75 Å². The van der Waals surface area contributed by atoms with Gasteiger partial charge in [0.15, 0.2) is 5.75 Å². The predicted octanol–water partition coefficient (Wildman–Crippen LogP) is 3.57. The van der Waals surface area contributed by atoms with Crippen molar-refractivity contribution in [1.82, 2.24) is 0 Å². The molecule has 0 saturated carbocycles. The molecule has 1 aliphatic heterocycles. The molecule has 1 amide bonds. The van der Waals surface area contributed by atoms with Crippen LogP contribution in [0.15, 0.2) is 66.7 Å². The van der Waals surface area contributed by atoms with E-state index in [1.54, 1.807) is 12.1 Å². The highest BCUT2D eigenvalue weighted by Crippen LogP contribution is 2.29. The number of nitrogens with one attached hydrogen (secondary N) is 2. The van der Waals surface area contributed by atoms with Gasteiger partial charge in [-0.3, -0.25) is 4.79 Å². The van der Waals surface area contributed by atoms with Gasteiger partial charge in [-0.2, -0.15) is 0 Å². The van der Waals surface area contributed by atoms with E-state index >= 15 is 0 Å². The molecular weight excluding hydrogens is 316 g/mol. The number of hydrogen-bond acceptors (Lipinski definition) is 4. The van der Waals surface area contributed by atoms with Crippen LogP contribution in [0.3, 0.4) is 0 Å². The number of hydrogen-bond donors (Lipinski definition) is 2. The van der Waals surface area contributed by atoms with Crippen molar-refractivity contribution in [3.63, 3.8) is 0 Å². The average molecular weight is 332 g/mol. The topological polar surface area (TPSA) is 67.4 Å². The highest BCUT2D eigenvalue weighted by molar-refractivity contribution is 6.03. The van der Waals surface area contributed by atoms with Gasteiger partial charge in [-0.1, -0.05) is 48.5 Å². The van der Waals surface area contributed by atoms with Gasteiger partial charge in [0.25, 0.3) is 0 Å². The number of carbonyl (C=O) groups is 2. The summed E-state index contributed by atoms with van der Waals surface area (Å²) in [7, 11) is 0. The largest absolute Gasteiger partial charge is 0.423 e. The zero-order valence-electron chi connectivity index (χ0n) is 13.4. The minimum atomic E-state index is -0.704. The number of benzene rings is 3. The van der Waals surface area contributed by atoms with Gasteiger partial charge in [0, 0.05) is 11.1 Å². The van der Waals surface area contributed by atoms with Crippen molar-refractivity contribution >= 4 is 34.0 Å². The summed E-state index contributed by atoms with van der Waals surface area (Å²) in [5, 5.41) is 7.96. The molecular formula is C20H16N2O3. The maximum absolute atomic E-state index is 12.4. The van der Waals surface area contributed by atoms with Gasteiger partial charge in [0.2, 0.25) is 5.91 Å². The van der Waals surface area contributed by atoms with Crippen molar-refractivity contribution < 1.29 is 14.3 Å². The van der Waals surface area contributed by atoms with Crippen LogP contribution in [0.2, 0.25) is 0 Å². The van der Waals surface area contributed by atoms with Gasteiger partial charge in [-0.15, -0.1) is 0 Å². The molecule has 5 heteroatoms. The van der Waals surface area contributed by atoms with E-state index in [1.807, 2.05) is 54.6 Å². The Morgan fingerprint density at radius 3 is 2.68 bits per heavy atom. The average Bonchev–Trinajstić information content (AvgIpc) is 2.63. The Hall–Kier alpha value is -3.34. The normalized spacial score (nSPS) is 15.8. The van der Waals surface area contributed by atoms with Crippen LogP contribution in [0.5, 0.6) is 5.75 Å². The molecule has 3 aromatic rings. The van der Waals surface area contributed by atoms with Gasteiger partial charge in [0.05, 0.1) is 12.1 Å².